The Labute approximate surface area is 150 Å². The molecular weight excluding hydrogens is 340 g/mol. The van der Waals surface area contributed by atoms with Crippen LogP contribution in [-0.4, -0.2) is 51.2 Å². The molecule has 1 fully saturated rings. The Kier molecular flexibility index (Phi) is 6.70. The maximum absolute atomic E-state index is 12.6. The molecule has 0 aromatic heterocycles. The summed E-state index contributed by atoms with van der Waals surface area (Å²) >= 11 is 0. The lowest BCUT2D eigenvalue weighted by Gasteiger charge is -2.26. The zero-order chi connectivity index (χ0) is 18.4. The first-order valence-corrected chi connectivity index (χ1v) is 10.6. The van der Waals surface area contributed by atoms with Crippen molar-refractivity contribution < 1.29 is 17.9 Å². The highest BCUT2D eigenvalue weighted by Gasteiger charge is 2.24. The summed E-state index contributed by atoms with van der Waals surface area (Å²) in [7, 11) is -3.55. The predicted octanol–water partition coefficient (Wildman–Crippen LogP) is 2.64. The number of benzene rings is 1. The zero-order valence-electron chi connectivity index (χ0n) is 15.3. The van der Waals surface area contributed by atoms with E-state index in [-0.39, 0.29) is 18.6 Å². The van der Waals surface area contributed by atoms with Gasteiger partial charge >= 0.3 is 0 Å². The minimum Gasteiger partial charge on any atom is -0.491 e. The number of hydrogen-bond donors (Lipinski definition) is 0. The number of rotatable bonds is 6. The van der Waals surface area contributed by atoms with Crippen molar-refractivity contribution in [3.8, 4) is 5.75 Å². The highest BCUT2D eigenvalue weighted by atomic mass is 32.2. The average Bonchev–Trinajstić information content (AvgIpc) is 2.81. The molecule has 1 aromatic rings. The minimum atomic E-state index is -3.55. The Balaban J connectivity index is 2.14. The van der Waals surface area contributed by atoms with Crippen LogP contribution < -0.4 is 9.04 Å². The molecule has 7 heteroatoms. The van der Waals surface area contributed by atoms with Crippen LogP contribution in [0.15, 0.2) is 24.3 Å². The van der Waals surface area contributed by atoms with Crippen LogP contribution in [-0.2, 0) is 14.8 Å². The van der Waals surface area contributed by atoms with Gasteiger partial charge in [-0.05, 0) is 51.0 Å². The third-order valence-electron chi connectivity index (χ3n) is 4.13. The van der Waals surface area contributed by atoms with E-state index < -0.39 is 10.0 Å². The summed E-state index contributed by atoms with van der Waals surface area (Å²) in [4.78, 5) is 14.4. The maximum Gasteiger partial charge on any atom is 0.243 e. The maximum atomic E-state index is 12.6. The van der Waals surface area contributed by atoms with E-state index in [1.165, 1.54) is 4.31 Å². The number of sulfonamides is 1. The monoisotopic (exact) mass is 368 g/mol. The van der Waals surface area contributed by atoms with Gasteiger partial charge in [0.15, 0.2) is 0 Å². The number of hydrogen-bond acceptors (Lipinski definition) is 4. The predicted molar refractivity (Wildman–Crippen MR) is 99.4 cm³/mol. The molecule has 0 N–H and O–H groups in total. The lowest BCUT2D eigenvalue weighted by atomic mass is 10.2. The lowest BCUT2D eigenvalue weighted by molar-refractivity contribution is -0.129. The molecule has 1 saturated heterocycles. The van der Waals surface area contributed by atoms with Gasteiger partial charge in [-0.15, -0.1) is 0 Å². The molecule has 1 aromatic carbocycles. The SMILES string of the molecule is CC(C)Oc1ccc(N(CC(=O)N2CCCCCC2)S(C)(=O)=O)cc1. The molecule has 140 valence electrons. The van der Waals surface area contributed by atoms with E-state index in [2.05, 4.69) is 0 Å². The molecule has 0 bridgehead atoms. The largest absolute Gasteiger partial charge is 0.491 e. The van der Waals surface area contributed by atoms with E-state index >= 15 is 0 Å². The summed E-state index contributed by atoms with van der Waals surface area (Å²) < 4.78 is 31.2. The molecule has 0 aliphatic carbocycles. The Morgan fingerprint density at radius 2 is 1.68 bits per heavy atom. The molecule has 0 spiro atoms. The number of anilines is 1. The first-order valence-electron chi connectivity index (χ1n) is 8.79. The minimum absolute atomic E-state index is 0.0430. The van der Waals surface area contributed by atoms with E-state index in [9.17, 15) is 13.2 Å². The summed E-state index contributed by atoms with van der Waals surface area (Å²) in [5.74, 6) is 0.529. The molecule has 0 radical (unpaired) electrons. The zero-order valence-corrected chi connectivity index (χ0v) is 16.1. The fourth-order valence-electron chi connectivity index (χ4n) is 2.91. The standard InChI is InChI=1S/C18H28N2O4S/c1-15(2)24-17-10-8-16(9-11-17)20(25(3,22)23)14-18(21)19-12-6-4-5-7-13-19/h8-11,15H,4-7,12-14H2,1-3H3. The lowest BCUT2D eigenvalue weighted by Crippen LogP contribution is -2.43. The van der Waals surface area contributed by atoms with Crippen LogP contribution in [0, 0.1) is 0 Å². The van der Waals surface area contributed by atoms with Gasteiger partial charge in [-0.2, -0.15) is 0 Å². The number of nitrogens with zero attached hydrogens (tertiary/aromatic N) is 2. The molecule has 25 heavy (non-hydrogen) atoms. The number of carbonyl (C=O) groups excluding carboxylic acids is 1. The van der Waals surface area contributed by atoms with Crippen LogP contribution in [0.25, 0.3) is 0 Å². The van der Waals surface area contributed by atoms with Crippen LogP contribution in [0.3, 0.4) is 0 Å². The number of carbonyl (C=O) groups is 1. The second-order valence-corrected chi connectivity index (χ2v) is 8.63. The van der Waals surface area contributed by atoms with Crippen LogP contribution >= 0.6 is 0 Å². The van der Waals surface area contributed by atoms with Gasteiger partial charge in [-0.1, -0.05) is 12.8 Å². The molecule has 2 rings (SSSR count). The number of likely N-dealkylation sites (tertiary alicyclic amines) is 1. The molecule has 6 nitrogen and oxygen atoms in total. The molecule has 1 aliphatic rings. The first kappa shape index (κ1) is 19.6. The van der Waals surface area contributed by atoms with Crippen molar-refractivity contribution >= 4 is 21.6 Å². The van der Waals surface area contributed by atoms with Gasteiger partial charge in [0.1, 0.15) is 12.3 Å². The van der Waals surface area contributed by atoms with Crippen molar-refractivity contribution in [2.24, 2.45) is 0 Å². The Bertz CT molecular complexity index is 663. The third kappa shape index (κ3) is 5.92. The van der Waals surface area contributed by atoms with Crippen molar-refractivity contribution in [1.82, 2.24) is 4.90 Å². The van der Waals surface area contributed by atoms with Gasteiger partial charge in [0, 0.05) is 13.1 Å². The van der Waals surface area contributed by atoms with Gasteiger partial charge < -0.3 is 9.64 Å². The van der Waals surface area contributed by atoms with Gasteiger partial charge in [0.2, 0.25) is 15.9 Å². The highest BCUT2D eigenvalue weighted by molar-refractivity contribution is 7.92. The van der Waals surface area contributed by atoms with Crippen LogP contribution in [0.5, 0.6) is 5.75 Å². The third-order valence-corrected chi connectivity index (χ3v) is 5.28. The smallest absolute Gasteiger partial charge is 0.243 e. The second-order valence-electron chi connectivity index (χ2n) is 6.73. The summed E-state index contributed by atoms with van der Waals surface area (Å²) in [6.45, 7) is 5.10. The summed E-state index contributed by atoms with van der Waals surface area (Å²) in [6.07, 6.45) is 5.37. The molecule has 0 saturated carbocycles. The van der Waals surface area contributed by atoms with Crippen molar-refractivity contribution in [3.63, 3.8) is 0 Å². The summed E-state index contributed by atoms with van der Waals surface area (Å²) in [5.41, 5.74) is 0.474. The second kappa shape index (κ2) is 8.56. The summed E-state index contributed by atoms with van der Waals surface area (Å²) in [5, 5.41) is 0. The van der Waals surface area contributed by atoms with Crippen LogP contribution in [0.2, 0.25) is 0 Å². The van der Waals surface area contributed by atoms with Crippen LogP contribution in [0.1, 0.15) is 39.5 Å². The topological polar surface area (TPSA) is 66.9 Å². The van der Waals surface area contributed by atoms with Gasteiger partial charge in [0.25, 0.3) is 0 Å². The quantitative estimate of drug-likeness (QED) is 0.774. The molecular formula is C18H28N2O4S. The highest BCUT2D eigenvalue weighted by Crippen LogP contribution is 2.22. The average molecular weight is 368 g/mol. The molecule has 1 heterocycles. The Morgan fingerprint density at radius 1 is 1.12 bits per heavy atom. The molecule has 0 atom stereocenters. The Hall–Kier alpha value is -1.76. The van der Waals surface area contributed by atoms with E-state index in [0.717, 1.165) is 31.9 Å². The van der Waals surface area contributed by atoms with Crippen molar-refractivity contribution in [2.75, 3.05) is 30.2 Å². The Morgan fingerprint density at radius 3 is 2.16 bits per heavy atom. The van der Waals surface area contributed by atoms with E-state index in [1.54, 1.807) is 29.2 Å². The van der Waals surface area contributed by atoms with E-state index in [0.29, 0.717) is 24.5 Å². The van der Waals surface area contributed by atoms with Crippen molar-refractivity contribution in [1.29, 1.82) is 0 Å². The van der Waals surface area contributed by atoms with Crippen molar-refractivity contribution in [3.05, 3.63) is 24.3 Å². The van der Waals surface area contributed by atoms with Gasteiger partial charge in [0.05, 0.1) is 18.0 Å². The molecule has 0 unspecified atom stereocenters. The number of ether oxygens (including phenoxy) is 1. The van der Waals surface area contributed by atoms with E-state index in [4.69, 9.17) is 4.74 Å². The molecule has 1 amide bonds. The van der Waals surface area contributed by atoms with E-state index in [1.807, 2.05) is 13.8 Å². The summed E-state index contributed by atoms with van der Waals surface area (Å²) in [6, 6.07) is 6.80. The van der Waals surface area contributed by atoms with Gasteiger partial charge in [-0.3, -0.25) is 9.10 Å². The first-order chi connectivity index (χ1) is 11.8. The fraction of sp³-hybridized carbons (Fsp3) is 0.611. The van der Waals surface area contributed by atoms with Crippen molar-refractivity contribution in [2.45, 2.75) is 45.6 Å². The normalized spacial score (nSPS) is 15.8. The van der Waals surface area contributed by atoms with Crippen LogP contribution in [0.4, 0.5) is 5.69 Å². The van der Waals surface area contributed by atoms with Gasteiger partial charge in [-0.25, -0.2) is 8.42 Å². The molecule has 1 aliphatic heterocycles. The fourth-order valence-corrected chi connectivity index (χ4v) is 3.76. The number of amides is 1.